The monoisotopic (exact) mass is 540 g/mol. The lowest BCUT2D eigenvalue weighted by molar-refractivity contribution is -0.132. The molecule has 9 nitrogen and oxygen atoms in total. The summed E-state index contributed by atoms with van der Waals surface area (Å²) in [5.41, 5.74) is 1.11. The number of carbonyl (C=O) groups is 2. The number of hydrogen-bond acceptors (Lipinski definition) is 8. The van der Waals surface area contributed by atoms with Gasteiger partial charge in [-0.1, -0.05) is 39.0 Å². The molecule has 2 heterocycles. The van der Waals surface area contributed by atoms with Crippen molar-refractivity contribution in [3.05, 3.63) is 54.4 Å². The van der Waals surface area contributed by atoms with Crippen molar-refractivity contribution >= 4 is 18.1 Å². The van der Waals surface area contributed by atoms with Gasteiger partial charge in [0.1, 0.15) is 11.9 Å². The standard InChI is InChI=1S/C30H44N4O5/c1-8-13-14-20-34(32-10-3)23(7)25(15-9-2)29(35)33-21-24(17-16-22(33)6)39-28-27(30(36)38-12-5)26(37-11-4)18-19-31-28/h9-10,15,18-19,22,24H,2,7-8,11-14,16-17,20-21H2,1,3-6H3. The summed E-state index contributed by atoms with van der Waals surface area (Å²) < 4.78 is 17.1. The molecule has 2 unspecified atom stereocenters. The molecule has 0 aliphatic carbocycles. The lowest BCUT2D eigenvalue weighted by Gasteiger charge is -2.39. The molecule has 1 saturated heterocycles. The Morgan fingerprint density at radius 2 is 2.00 bits per heavy atom. The van der Waals surface area contributed by atoms with E-state index < -0.39 is 5.97 Å². The van der Waals surface area contributed by atoms with Crippen LogP contribution in [0.15, 0.2) is 53.9 Å². The molecule has 0 N–H and O–H groups in total. The number of esters is 1. The van der Waals surface area contributed by atoms with Gasteiger partial charge in [-0.3, -0.25) is 9.80 Å². The quantitative estimate of drug-likeness (QED) is 0.0720. The zero-order chi connectivity index (χ0) is 28.8. The smallest absolute Gasteiger partial charge is 0.347 e. The molecular formula is C30H44N4O5. The molecule has 1 amide bonds. The van der Waals surface area contributed by atoms with Gasteiger partial charge in [0.05, 0.1) is 31.0 Å². The summed E-state index contributed by atoms with van der Waals surface area (Å²) in [6, 6.07) is 1.60. The number of pyridine rings is 1. The maximum atomic E-state index is 13.9. The Labute approximate surface area is 233 Å². The van der Waals surface area contributed by atoms with Crippen LogP contribution in [0.2, 0.25) is 0 Å². The van der Waals surface area contributed by atoms with Crippen molar-refractivity contribution in [2.24, 2.45) is 5.10 Å². The van der Waals surface area contributed by atoms with Crippen LogP contribution in [0, 0.1) is 0 Å². The highest BCUT2D eigenvalue weighted by Gasteiger charge is 2.34. The lowest BCUT2D eigenvalue weighted by atomic mass is 9.99. The SMILES string of the molecule is C=CC=C(C(=C)N(CCCCC)N=CC)C(=O)N1CC(Oc2nccc(OCC)c2C(=O)OCC)CCC1C. The normalized spacial score (nSPS) is 17.6. The number of aromatic nitrogens is 1. The fourth-order valence-corrected chi connectivity index (χ4v) is 4.41. The van der Waals surface area contributed by atoms with Crippen molar-refractivity contribution in [2.75, 3.05) is 26.3 Å². The van der Waals surface area contributed by atoms with Gasteiger partial charge in [-0.25, -0.2) is 9.78 Å². The molecular weight excluding hydrogens is 496 g/mol. The lowest BCUT2D eigenvalue weighted by Crippen LogP contribution is -2.50. The average molecular weight is 541 g/mol. The van der Waals surface area contributed by atoms with E-state index in [1.807, 2.05) is 20.8 Å². The number of rotatable bonds is 15. The van der Waals surface area contributed by atoms with Gasteiger partial charge in [0, 0.05) is 25.0 Å². The largest absolute Gasteiger partial charge is 0.493 e. The van der Waals surface area contributed by atoms with Crippen LogP contribution in [0.5, 0.6) is 11.6 Å². The first-order valence-corrected chi connectivity index (χ1v) is 13.9. The van der Waals surface area contributed by atoms with Crippen molar-refractivity contribution in [2.45, 2.75) is 78.9 Å². The average Bonchev–Trinajstić information content (AvgIpc) is 2.92. The molecule has 0 aromatic carbocycles. The highest BCUT2D eigenvalue weighted by molar-refractivity contribution is 5.98. The number of hydrazone groups is 1. The number of allylic oxidation sites excluding steroid dienone is 2. The maximum absolute atomic E-state index is 13.9. The van der Waals surface area contributed by atoms with E-state index in [1.165, 1.54) is 6.20 Å². The van der Waals surface area contributed by atoms with E-state index in [0.717, 1.165) is 25.7 Å². The Kier molecular flexibility index (Phi) is 13.3. The molecule has 0 saturated carbocycles. The Balaban J connectivity index is 2.30. The Bertz CT molecular complexity index is 1050. The maximum Gasteiger partial charge on any atom is 0.347 e. The van der Waals surface area contributed by atoms with E-state index in [1.54, 1.807) is 41.3 Å². The van der Waals surface area contributed by atoms with Crippen molar-refractivity contribution in [1.82, 2.24) is 14.9 Å². The minimum atomic E-state index is -0.562. The van der Waals surface area contributed by atoms with Gasteiger partial charge in [-0.2, -0.15) is 5.10 Å². The first kappa shape index (κ1) is 31.6. The Morgan fingerprint density at radius 1 is 1.23 bits per heavy atom. The summed E-state index contributed by atoms with van der Waals surface area (Å²) in [4.78, 5) is 32.7. The second-order valence-electron chi connectivity index (χ2n) is 9.23. The van der Waals surface area contributed by atoms with Crippen LogP contribution >= 0.6 is 0 Å². The van der Waals surface area contributed by atoms with E-state index >= 15 is 0 Å². The van der Waals surface area contributed by atoms with Crippen molar-refractivity contribution in [3.8, 4) is 11.6 Å². The third-order valence-electron chi connectivity index (χ3n) is 6.40. The third kappa shape index (κ3) is 8.70. The van der Waals surface area contributed by atoms with Crippen molar-refractivity contribution in [1.29, 1.82) is 0 Å². The summed E-state index contributed by atoms with van der Waals surface area (Å²) >= 11 is 0. The van der Waals surface area contributed by atoms with Gasteiger partial charge < -0.3 is 19.1 Å². The summed E-state index contributed by atoms with van der Waals surface area (Å²) in [5.74, 6) is -0.246. The summed E-state index contributed by atoms with van der Waals surface area (Å²) in [7, 11) is 0. The minimum Gasteiger partial charge on any atom is -0.493 e. The number of nitrogens with zero attached hydrogens (tertiary/aromatic N) is 4. The number of ether oxygens (including phenoxy) is 3. The second-order valence-corrected chi connectivity index (χ2v) is 9.23. The van der Waals surface area contributed by atoms with Crippen LogP contribution in [0.4, 0.5) is 0 Å². The van der Waals surface area contributed by atoms with Crippen LogP contribution in [-0.2, 0) is 9.53 Å². The van der Waals surface area contributed by atoms with E-state index in [2.05, 4.69) is 30.2 Å². The fraction of sp³-hybridized carbons (Fsp3) is 0.533. The molecule has 214 valence electrons. The molecule has 1 fully saturated rings. The van der Waals surface area contributed by atoms with Crippen LogP contribution in [0.25, 0.3) is 0 Å². The Morgan fingerprint density at radius 3 is 2.64 bits per heavy atom. The van der Waals surface area contributed by atoms with E-state index in [9.17, 15) is 9.59 Å². The number of unbranched alkanes of at least 4 members (excludes halogenated alkanes) is 2. The number of piperidine rings is 1. The van der Waals surface area contributed by atoms with Gasteiger partial charge in [0.25, 0.3) is 5.91 Å². The first-order chi connectivity index (χ1) is 18.8. The molecule has 1 aliphatic rings. The molecule has 1 aliphatic heterocycles. The third-order valence-corrected chi connectivity index (χ3v) is 6.40. The van der Waals surface area contributed by atoms with Crippen molar-refractivity contribution in [3.63, 3.8) is 0 Å². The number of carbonyl (C=O) groups excluding carboxylic acids is 2. The summed E-state index contributed by atoms with van der Waals surface area (Å²) in [6.07, 6.45) is 10.6. The number of hydrogen-bond donors (Lipinski definition) is 0. The number of likely N-dealkylation sites (tertiary alicyclic amines) is 1. The molecule has 0 spiro atoms. The van der Waals surface area contributed by atoms with E-state index in [-0.39, 0.29) is 36.1 Å². The van der Waals surface area contributed by atoms with E-state index in [4.69, 9.17) is 14.2 Å². The van der Waals surface area contributed by atoms with Gasteiger partial charge in [0.15, 0.2) is 5.56 Å². The van der Waals surface area contributed by atoms with Crippen LogP contribution in [0.1, 0.15) is 77.1 Å². The molecule has 39 heavy (non-hydrogen) atoms. The van der Waals surface area contributed by atoms with Crippen LogP contribution in [0.3, 0.4) is 0 Å². The predicted molar refractivity (Wildman–Crippen MR) is 154 cm³/mol. The van der Waals surface area contributed by atoms with Gasteiger partial charge in [-0.05, 0) is 59.1 Å². The topological polar surface area (TPSA) is 93.6 Å². The van der Waals surface area contributed by atoms with Crippen LogP contribution in [-0.4, -0.2) is 71.4 Å². The predicted octanol–water partition coefficient (Wildman–Crippen LogP) is 5.54. The van der Waals surface area contributed by atoms with Gasteiger partial charge >= 0.3 is 5.97 Å². The van der Waals surface area contributed by atoms with Gasteiger partial charge in [0.2, 0.25) is 5.88 Å². The van der Waals surface area contributed by atoms with Crippen LogP contribution < -0.4 is 9.47 Å². The first-order valence-electron chi connectivity index (χ1n) is 13.9. The highest BCUT2D eigenvalue weighted by atomic mass is 16.5. The molecule has 9 heteroatoms. The van der Waals surface area contributed by atoms with E-state index in [0.29, 0.717) is 43.1 Å². The summed E-state index contributed by atoms with van der Waals surface area (Å²) in [6.45, 7) is 19.2. The molecule has 0 radical (unpaired) electrons. The summed E-state index contributed by atoms with van der Waals surface area (Å²) in [5, 5.41) is 6.23. The fourth-order valence-electron chi connectivity index (χ4n) is 4.41. The van der Waals surface area contributed by atoms with Crippen molar-refractivity contribution < 1.29 is 23.8 Å². The Hall–Kier alpha value is -3.62. The number of amides is 1. The molecule has 1 aromatic heterocycles. The molecule has 0 bridgehead atoms. The molecule has 2 atom stereocenters. The molecule has 1 aromatic rings. The minimum absolute atomic E-state index is 0.0196. The zero-order valence-corrected chi connectivity index (χ0v) is 24.1. The molecule has 2 rings (SSSR count). The van der Waals surface area contributed by atoms with Gasteiger partial charge in [-0.15, -0.1) is 0 Å². The second kappa shape index (κ2) is 16.4. The zero-order valence-electron chi connectivity index (χ0n) is 24.1. The highest BCUT2D eigenvalue weighted by Crippen LogP contribution is 2.31.